The number of nitriles is 1. The molecule has 9 heteroatoms. The molecule has 154 valence electrons. The van der Waals surface area contributed by atoms with Gasteiger partial charge in [-0.25, -0.2) is 4.79 Å². The third kappa shape index (κ3) is 3.53. The summed E-state index contributed by atoms with van der Waals surface area (Å²) in [4.78, 5) is 34.2. The maximum atomic E-state index is 13.5. The average molecular weight is 431 g/mol. The number of aromatic nitrogens is 3. The lowest BCUT2D eigenvalue weighted by molar-refractivity contribution is -0.136. The minimum absolute atomic E-state index is 0.0134. The summed E-state index contributed by atoms with van der Waals surface area (Å²) in [6, 6.07) is 8.28. The molecule has 3 aromatic heterocycles. The van der Waals surface area contributed by atoms with Gasteiger partial charge in [0, 0.05) is 24.8 Å². The van der Waals surface area contributed by atoms with Crippen molar-refractivity contribution in [2.75, 3.05) is 6.61 Å². The quantitative estimate of drug-likeness (QED) is 0.599. The Balaban J connectivity index is 2.10. The first-order chi connectivity index (χ1) is 15.1. The van der Waals surface area contributed by atoms with Crippen molar-refractivity contribution in [1.82, 2.24) is 14.5 Å². The number of carbonyl (C=O) groups is 1. The number of allylic oxidation sites excluding steroid dienone is 1. The van der Waals surface area contributed by atoms with Crippen molar-refractivity contribution in [3.05, 3.63) is 91.0 Å². The molecule has 0 bridgehead atoms. The molecule has 2 N–H and O–H groups in total. The number of carbonyl (C=O) groups excluding carboxylic acids is 1. The number of thiazole rings is 1. The van der Waals surface area contributed by atoms with E-state index in [0.717, 1.165) is 16.9 Å². The van der Waals surface area contributed by atoms with Crippen molar-refractivity contribution >= 4 is 29.0 Å². The Bertz CT molecular complexity index is 1400. The van der Waals surface area contributed by atoms with Crippen LogP contribution < -0.4 is 20.5 Å². The average Bonchev–Trinajstić information content (AvgIpc) is 3.09. The van der Waals surface area contributed by atoms with E-state index in [1.165, 1.54) is 4.57 Å². The Kier molecular flexibility index (Phi) is 5.47. The van der Waals surface area contributed by atoms with E-state index in [-0.39, 0.29) is 29.0 Å². The molecule has 0 radical (unpaired) electrons. The Morgan fingerprint density at radius 1 is 1.26 bits per heavy atom. The van der Waals surface area contributed by atoms with Gasteiger partial charge in [0.05, 0.1) is 28.5 Å². The second-order valence-electron chi connectivity index (χ2n) is 6.59. The molecule has 1 unspecified atom stereocenters. The number of rotatable bonds is 4. The van der Waals surface area contributed by atoms with Crippen LogP contribution in [0.3, 0.4) is 0 Å². The van der Waals surface area contributed by atoms with Crippen molar-refractivity contribution in [3.8, 4) is 6.07 Å². The summed E-state index contributed by atoms with van der Waals surface area (Å²) in [5.74, 6) is -0.675. The molecule has 0 saturated heterocycles. The molecule has 4 heterocycles. The second kappa shape index (κ2) is 8.38. The van der Waals surface area contributed by atoms with Gasteiger partial charge in [0.2, 0.25) is 0 Å². The first-order valence-electron chi connectivity index (χ1n) is 9.41. The van der Waals surface area contributed by atoms with Gasteiger partial charge < -0.3 is 10.5 Å². The predicted molar refractivity (Wildman–Crippen MR) is 115 cm³/mol. The van der Waals surface area contributed by atoms with Crippen LogP contribution in [0.15, 0.2) is 65.1 Å². The fraction of sp³-hybridized carbons (Fsp3) is 0.136. The molecule has 4 rings (SSSR count). The van der Waals surface area contributed by atoms with Gasteiger partial charge in [0.15, 0.2) is 0 Å². The van der Waals surface area contributed by atoms with Crippen molar-refractivity contribution in [3.63, 3.8) is 0 Å². The zero-order chi connectivity index (χ0) is 22.0. The highest BCUT2D eigenvalue weighted by Gasteiger charge is 2.34. The molecule has 1 aliphatic heterocycles. The minimum Gasteiger partial charge on any atom is -0.462 e. The van der Waals surface area contributed by atoms with E-state index < -0.39 is 12.0 Å². The SMILES string of the molecule is CCOC(=O)C1=c2s/c(=C/c3ccncc3)c(=O)n2C(c2ccncc2)C(C#N)=C1N. The van der Waals surface area contributed by atoms with E-state index in [1.807, 2.05) is 0 Å². The smallest absolute Gasteiger partial charge is 0.343 e. The number of hydrogen-bond donors (Lipinski definition) is 1. The highest BCUT2D eigenvalue weighted by molar-refractivity contribution is 7.07. The predicted octanol–water partition coefficient (Wildman–Crippen LogP) is 0.582. The number of ether oxygens (including phenoxy) is 1. The first kappa shape index (κ1) is 20.3. The van der Waals surface area contributed by atoms with Gasteiger partial charge in [0.25, 0.3) is 5.56 Å². The van der Waals surface area contributed by atoms with Crippen molar-refractivity contribution < 1.29 is 9.53 Å². The fourth-order valence-corrected chi connectivity index (χ4v) is 4.60. The Morgan fingerprint density at radius 3 is 2.52 bits per heavy atom. The summed E-state index contributed by atoms with van der Waals surface area (Å²) in [6.07, 6.45) is 8.12. The highest BCUT2D eigenvalue weighted by atomic mass is 32.1. The maximum absolute atomic E-state index is 13.5. The van der Waals surface area contributed by atoms with Gasteiger partial charge in [0.1, 0.15) is 16.3 Å². The first-order valence-corrected chi connectivity index (χ1v) is 10.2. The summed E-state index contributed by atoms with van der Waals surface area (Å²) >= 11 is 1.13. The van der Waals surface area contributed by atoms with Crippen LogP contribution in [0, 0.1) is 11.3 Å². The molecular weight excluding hydrogens is 414 g/mol. The zero-order valence-corrected chi connectivity index (χ0v) is 17.3. The van der Waals surface area contributed by atoms with E-state index in [9.17, 15) is 14.9 Å². The third-order valence-electron chi connectivity index (χ3n) is 4.79. The second-order valence-corrected chi connectivity index (χ2v) is 7.62. The van der Waals surface area contributed by atoms with Gasteiger partial charge in [-0.2, -0.15) is 5.26 Å². The van der Waals surface area contributed by atoms with Gasteiger partial charge >= 0.3 is 5.97 Å². The molecule has 31 heavy (non-hydrogen) atoms. The molecule has 3 aromatic rings. The summed E-state index contributed by atoms with van der Waals surface area (Å²) in [5, 5.41) is 9.89. The molecule has 0 spiro atoms. The van der Waals surface area contributed by atoms with Crippen molar-refractivity contribution in [1.29, 1.82) is 5.26 Å². The number of hydrogen-bond acceptors (Lipinski definition) is 8. The normalized spacial score (nSPS) is 16.1. The number of pyridine rings is 2. The topological polar surface area (TPSA) is 124 Å². The van der Waals surface area contributed by atoms with Crippen LogP contribution in [0.4, 0.5) is 0 Å². The van der Waals surface area contributed by atoms with Gasteiger partial charge in [-0.15, -0.1) is 11.3 Å². The Morgan fingerprint density at radius 2 is 1.90 bits per heavy atom. The molecule has 0 aromatic carbocycles. The summed E-state index contributed by atoms with van der Waals surface area (Å²) in [7, 11) is 0. The molecule has 1 aliphatic rings. The van der Waals surface area contributed by atoms with Gasteiger partial charge in [-0.05, 0) is 48.4 Å². The Labute approximate surface area is 180 Å². The minimum atomic E-state index is -0.774. The standard InChI is InChI=1S/C22H17N5O3S/c1-2-30-22(29)17-18(24)15(12-23)19(14-5-9-26-10-6-14)27-20(28)16(31-21(17)27)11-13-3-7-25-8-4-13/h3-11,19H,2,24H2,1H3/b16-11+. The zero-order valence-electron chi connectivity index (χ0n) is 16.5. The number of fused-ring (bicyclic) bond motifs is 1. The Hall–Kier alpha value is -4.03. The van der Waals surface area contributed by atoms with Crippen LogP contribution in [-0.4, -0.2) is 27.1 Å². The summed E-state index contributed by atoms with van der Waals surface area (Å²) in [6.45, 7) is 1.81. The molecule has 0 amide bonds. The maximum Gasteiger partial charge on any atom is 0.343 e. The molecular formula is C22H17N5O3S. The third-order valence-corrected chi connectivity index (χ3v) is 5.89. The van der Waals surface area contributed by atoms with Crippen LogP contribution in [0.2, 0.25) is 0 Å². The lowest BCUT2D eigenvalue weighted by atomic mass is 9.93. The van der Waals surface area contributed by atoms with E-state index >= 15 is 0 Å². The van der Waals surface area contributed by atoms with Crippen molar-refractivity contribution in [2.24, 2.45) is 5.73 Å². The van der Waals surface area contributed by atoms with E-state index in [4.69, 9.17) is 10.5 Å². The van der Waals surface area contributed by atoms with Gasteiger partial charge in [-0.3, -0.25) is 19.3 Å². The lowest BCUT2D eigenvalue weighted by Gasteiger charge is -2.24. The molecule has 0 saturated carbocycles. The molecule has 0 fully saturated rings. The van der Waals surface area contributed by atoms with Crippen LogP contribution in [-0.2, 0) is 9.53 Å². The van der Waals surface area contributed by atoms with Gasteiger partial charge in [-0.1, -0.05) is 0 Å². The van der Waals surface area contributed by atoms with E-state index in [2.05, 4.69) is 16.0 Å². The summed E-state index contributed by atoms with van der Waals surface area (Å²) in [5.41, 5.74) is 7.56. The van der Waals surface area contributed by atoms with E-state index in [1.54, 1.807) is 62.1 Å². The van der Waals surface area contributed by atoms with E-state index in [0.29, 0.717) is 14.8 Å². The van der Waals surface area contributed by atoms with Crippen molar-refractivity contribution in [2.45, 2.75) is 13.0 Å². The molecule has 0 aliphatic carbocycles. The molecule has 8 nitrogen and oxygen atoms in total. The molecule has 1 atom stereocenters. The van der Waals surface area contributed by atoms with Crippen LogP contribution in [0.5, 0.6) is 0 Å². The fourth-order valence-electron chi connectivity index (χ4n) is 3.43. The summed E-state index contributed by atoms with van der Waals surface area (Å²) < 4.78 is 7.36. The lowest BCUT2D eigenvalue weighted by Crippen LogP contribution is -2.41. The number of nitrogens with zero attached hydrogens (tertiary/aromatic N) is 4. The largest absolute Gasteiger partial charge is 0.462 e. The number of esters is 1. The highest BCUT2D eigenvalue weighted by Crippen LogP contribution is 2.30. The van der Waals surface area contributed by atoms with Crippen LogP contribution in [0.25, 0.3) is 11.6 Å². The number of nitrogens with two attached hydrogens (primary N) is 1. The van der Waals surface area contributed by atoms with Crippen LogP contribution in [0.1, 0.15) is 24.1 Å². The van der Waals surface area contributed by atoms with Crippen LogP contribution >= 0.6 is 11.3 Å². The monoisotopic (exact) mass is 431 g/mol.